The van der Waals surface area contributed by atoms with Gasteiger partial charge in [0.25, 0.3) is 0 Å². The van der Waals surface area contributed by atoms with E-state index in [1.165, 1.54) is 5.48 Å². The van der Waals surface area contributed by atoms with E-state index in [2.05, 4.69) is 20.5 Å². The summed E-state index contributed by atoms with van der Waals surface area (Å²) >= 11 is 0. The Morgan fingerprint density at radius 1 is 1.47 bits per heavy atom. The van der Waals surface area contributed by atoms with Crippen molar-refractivity contribution in [3.8, 4) is 0 Å². The number of aromatic amines is 1. The van der Waals surface area contributed by atoms with E-state index in [1.807, 2.05) is 24.3 Å². The van der Waals surface area contributed by atoms with E-state index in [9.17, 15) is 4.79 Å². The van der Waals surface area contributed by atoms with Crippen molar-refractivity contribution in [2.24, 2.45) is 5.10 Å². The van der Waals surface area contributed by atoms with Crippen molar-refractivity contribution in [1.29, 1.82) is 0 Å². The molecular formula is C10H11N5O2. The summed E-state index contributed by atoms with van der Waals surface area (Å²) in [6.07, 6.45) is 0. The van der Waals surface area contributed by atoms with Crippen LogP contribution in [-0.4, -0.2) is 26.9 Å². The monoisotopic (exact) mass is 233 g/mol. The summed E-state index contributed by atoms with van der Waals surface area (Å²) in [5.74, 6) is 0.560. The number of hydroxylamine groups is 1. The van der Waals surface area contributed by atoms with Crippen LogP contribution in [0.2, 0.25) is 0 Å². The van der Waals surface area contributed by atoms with E-state index in [4.69, 9.17) is 5.21 Å². The zero-order valence-corrected chi connectivity index (χ0v) is 9.06. The average molecular weight is 233 g/mol. The molecule has 0 radical (unpaired) electrons. The average Bonchev–Trinajstić information content (AvgIpc) is 2.79. The summed E-state index contributed by atoms with van der Waals surface area (Å²) in [6.45, 7) is 1.69. The first kappa shape index (κ1) is 11.1. The zero-order valence-electron chi connectivity index (χ0n) is 9.06. The molecule has 7 heteroatoms. The highest BCUT2D eigenvalue weighted by atomic mass is 16.5. The fourth-order valence-corrected chi connectivity index (χ4v) is 1.34. The quantitative estimate of drug-likeness (QED) is 0.353. The number of rotatable bonds is 2. The van der Waals surface area contributed by atoms with E-state index < -0.39 is 6.03 Å². The van der Waals surface area contributed by atoms with Crippen molar-refractivity contribution in [3.05, 3.63) is 30.1 Å². The first-order valence-corrected chi connectivity index (χ1v) is 4.90. The summed E-state index contributed by atoms with van der Waals surface area (Å²) in [5, 5.41) is 12.0. The highest BCUT2D eigenvalue weighted by molar-refractivity contribution is 5.98. The van der Waals surface area contributed by atoms with Gasteiger partial charge in [-0.05, 0) is 19.1 Å². The third-order valence-corrected chi connectivity index (χ3v) is 2.16. The molecule has 1 aromatic heterocycles. The van der Waals surface area contributed by atoms with E-state index in [0.717, 1.165) is 11.0 Å². The van der Waals surface area contributed by atoms with Gasteiger partial charge in [0, 0.05) is 0 Å². The van der Waals surface area contributed by atoms with Crippen LogP contribution in [0, 0.1) is 0 Å². The minimum Gasteiger partial charge on any atom is -0.337 e. The molecule has 0 fully saturated rings. The second kappa shape index (κ2) is 4.62. The van der Waals surface area contributed by atoms with E-state index in [1.54, 1.807) is 6.92 Å². The van der Waals surface area contributed by atoms with Crippen LogP contribution in [0.4, 0.5) is 4.79 Å². The number of aromatic nitrogens is 2. The molecule has 1 heterocycles. The van der Waals surface area contributed by atoms with Crippen molar-refractivity contribution in [2.75, 3.05) is 0 Å². The SMILES string of the molecule is C/C(=N\NC(=O)NO)c1nc2ccccc2[nH]1. The molecule has 17 heavy (non-hydrogen) atoms. The van der Waals surface area contributed by atoms with Crippen molar-refractivity contribution < 1.29 is 10.0 Å². The van der Waals surface area contributed by atoms with Gasteiger partial charge in [-0.1, -0.05) is 12.1 Å². The molecule has 2 rings (SSSR count). The number of urea groups is 1. The number of H-pyrrole nitrogens is 1. The number of para-hydroxylation sites is 2. The molecule has 1 aromatic carbocycles. The molecule has 4 N–H and O–H groups in total. The van der Waals surface area contributed by atoms with Crippen LogP contribution < -0.4 is 10.9 Å². The number of carbonyl (C=O) groups is 1. The summed E-state index contributed by atoms with van der Waals surface area (Å²) in [4.78, 5) is 18.1. The number of hydrogen-bond donors (Lipinski definition) is 4. The second-order valence-electron chi connectivity index (χ2n) is 3.35. The highest BCUT2D eigenvalue weighted by Crippen LogP contribution is 2.10. The van der Waals surface area contributed by atoms with Crippen LogP contribution in [-0.2, 0) is 0 Å². The second-order valence-corrected chi connectivity index (χ2v) is 3.35. The van der Waals surface area contributed by atoms with Crippen molar-refractivity contribution in [3.63, 3.8) is 0 Å². The van der Waals surface area contributed by atoms with Gasteiger partial charge in [-0.2, -0.15) is 5.10 Å². The maximum Gasteiger partial charge on any atom is 0.358 e. The Kier molecular flexibility index (Phi) is 3.01. The maximum absolute atomic E-state index is 10.7. The van der Waals surface area contributed by atoms with Crippen molar-refractivity contribution >= 4 is 22.8 Å². The molecule has 0 spiro atoms. The fraction of sp³-hybridized carbons (Fsp3) is 0.100. The molecule has 0 aliphatic rings. The van der Waals surface area contributed by atoms with E-state index in [0.29, 0.717) is 11.5 Å². The van der Waals surface area contributed by atoms with Crippen molar-refractivity contribution in [1.82, 2.24) is 20.9 Å². The van der Waals surface area contributed by atoms with Crippen LogP contribution in [0.15, 0.2) is 29.4 Å². The highest BCUT2D eigenvalue weighted by Gasteiger charge is 2.05. The van der Waals surface area contributed by atoms with Gasteiger partial charge < -0.3 is 4.98 Å². The number of imidazole rings is 1. The summed E-state index contributed by atoms with van der Waals surface area (Å²) < 4.78 is 0. The number of benzene rings is 1. The fourth-order valence-electron chi connectivity index (χ4n) is 1.34. The molecule has 2 aromatic rings. The van der Waals surface area contributed by atoms with E-state index in [-0.39, 0.29) is 0 Å². The summed E-state index contributed by atoms with van der Waals surface area (Å²) in [7, 11) is 0. The third-order valence-electron chi connectivity index (χ3n) is 2.16. The molecule has 0 aliphatic carbocycles. The predicted octanol–water partition coefficient (Wildman–Crippen LogP) is 0.975. The van der Waals surface area contributed by atoms with Gasteiger partial charge >= 0.3 is 6.03 Å². The van der Waals surface area contributed by atoms with Gasteiger partial charge in [-0.3, -0.25) is 5.21 Å². The Bertz CT molecular complexity index is 542. The number of nitrogens with one attached hydrogen (secondary N) is 3. The Morgan fingerprint density at radius 2 is 2.24 bits per heavy atom. The maximum atomic E-state index is 10.7. The topological polar surface area (TPSA) is 102 Å². The number of hydrazone groups is 1. The van der Waals surface area contributed by atoms with Crippen molar-refractivity contribution in [2.45, 2.75) is 6.92 Å². The molecule has 0 unspecified atom stereocenters. The number of fused-ring (bicyclic) bond motifs is 1. The molecule has 0 saturated heterocycles. The molecule has 88 valence electrons. The minimum absolute atomic E-state index is 0.504. The smallest absolute Gasteiger partial charge is 0.337 e. The Hall–Kier alpha value is -2.41. The number of carbonyl (C=O) groups excluding carboxylic acids is 1. The Morgan fingerprint density at radius 3 is 2.94 bits per heavy atom. The third kappa shape index (κ3) is 2.40. The lowest BCUT2D eigenvalue weighted by Gasteiger charge is -1.97. The van der Waals surface area contributed by atoms with Crippen LogP contribution in [0.3, 0.4) is 0 Å². The van der Waals surface area contributed by atoms with Gasteiger partial charge in [0.15, 0.2) is 5.82 Å². The molecule has 0 aliphatic heterocycles. The van der Waals surface area contributed by atoms with Gasteiger partial charge in [0.1, 0.15) is 5.71 Å². The molecule has 2 amide bonds. The lowest BCUT2D eigenvalue weighted by atomic mass is 10.3. The molecule has 0 bridgehead atoms. The predicted molar refractivity (Wildman–Crippen MR) is 61.8 cm³/mol. The number of nitrogens with zero attached hydrogens (tertiary/aromatic N) is 2. The zero-order chi connectivity index (χ0) is 12.3. The first-order chi connectivity index (χ1) is 8.20. The van der Waals surface area contributed by atoms with Gasteiger partial charge in [-0.15, -0.1) is 0 Å². The van der Waals surface area contributed by atoms with E-state index >= 15 is 0 Å². The summed E-state index contributed by atoms with van der Waals surface area (Å²) in [5.41, 5.74) is 5.73. The first-order valence-electron chi connectivity index (χ1n) is 4.90. The standard InChI is InChI=1S/C10H11N5O2/c1-6(13-14-10(16)15-17)9-11-7-4-2-3-5-8(7)12-9/h2-5,17H,1H3,(H,11,12)(H2,14,15,16)/b13-6+. The molecule has 0 atom stereocenters. The largest absolute Gasteiger partial charge is 0.358 e. The number of hydrogen-bond acceptors (Lipinski definition) is 4. The van der Waals surface area contributed by atoms with Crippen LogP contribution in [0.25, 0.3) is 11.0 Å². The molecular weight excluding hydrogens is 222 g/mol. The number of amides is 2. The van der Waals surface area contributed by atoms with Crippen LogP contribution in [0.5, 0.6) is 0 Å². The lowest BCUT2D eigenvalue weighted by molar-refractivity contribution is 0.162. The van der Waals surface area contributed by atoms with Gasteiger partial charge in [-0.25, -0.2) is 20.7 Å². The Balaban J connectivity index is 2.24. The summed E-state index contributed by atoms with van der Waals surface area (Å²) in [6, 6.07) is 6.75. The van der Waals surface area contributed by atoms with Gasteiger partial charge in [0.2, 0.25) is 0 Å². The van der Waals surface area contributed by atoms with Crippen LogP contribution in [0.1, 0.15) is 12.7 Å². The molecule has 7 nitrogen and oxygen atoms in total. The lowest BCUT2D eigenvalue weighted by Crippen LogP contribution is -2.30. The Labute approximate surface area is 96.5 Å². The van der Waals surface area contributed by atoms with Gasteiger partial charge in [0.05, 0.1) is 11.0 Å². The molecule has 0 saturated carbocycles. The minimum atomic E-state index is -0.805. The normalized spacial score (nSPS) is 11.5. The van der Waals surface area contributed by atoms with Crippen LogP contribution >= 0.6 is 0 Å².